The Morgan fingerprint density at radius 2 is 1.77 bits per heavy atom. The molecule has 128 valence electrons. The Morgan fingerprint density at radius 3 is 2.45 bits per heavy atom. The monoisotopic (exact) mass is 311 g/mol. The lowest BCUT2D eigenvalue weighted by molar-refractivity contribution is -0.137. The van der Waals surface area contributed by atoms with Crippen LogP contribution in [-0.4, -0.2) is 22.0 Å². The van der Waals surface area contributed by atoms with E-state index in [-0.39, 0.29) is 6.42 Å². The minimum absolute atomic E-state index is 0.285. The van der Waals surface area contributed by atoms with Gasteiger partial charge in [-0.1, -0.05) is 57.0 Å². The van der Waals surface area contributed by atoms with Gasteiger partial charge in [0.25, 0.3) is 0 Å². The first-order valence-corrected chi connectivity index (χ1v) is 9.11. The predicted octanol–water partition coefficient (Wildman–Crippen LogP) is 5.24. The standard InChI is InChI=1S/C18H33NO3/c1-2-3-4-7-10-15-13-14-17(19-22)16(15)11-8-5-6-9-12-18(20)21/h15-16,22H,2-14H2,1H3,(H,20,21)/t15-,16+/m0/s1. The fourth-order valence-corrected chi connectivity index (χ4v) is 3.69. The average Bonchev–Trinajstić information content (AvgIpc) is 2.89. The van der Waals surface area contributed by atoms with E-state index in [9.17, 15) is 10.0 Å². The van der Waals surface area contributed by atoms with Crippen molar-refractivity contribution >= 4 is 11.7 Å². The van der Waals surface area contributed by atoms with Gasteiger partial charge in [0.05, 0.1) is 5.71 Å². The lowest BCUT2D eigenvalue weighted by Gasteiger charge is -2.19. The highest BCUT2D eigenvalue weighted by atomic mass is 16.4. The second-order valence-corrected chi connectivity index (χ2v) is 6.69. The maximum atomic E-state index is 10.5. The summed E-state index contributed by atoms with van der Waals surface area (Å²) < 4.78 is 0. The fraction of sp³-hybridized carbons (Fsp3) is 0.889. The molecule has 0 bridgehead atoms. The second-order valence-electron chi connectivity index (χ2n) is 6.69. The molecule has 0 aromatic rings. The number of hydrogen-bond acceptors (Lipinski definition) is 3. The highest BCUT2D eigenvalue weighted by molar-refractivity contribution is 5.88. The maximum Gasteiger partial charge on any atom is 0.303 e. The quantitative estimate of drug-likeness (QED) is 0.294. The van der Waals surface area contributed by atoms with Crippen molar-refractivity contribution in [3.8, 4) is 0 Å². The Balaban J connectivity index is 2.24. The van der Waals surface area contributed by atoms with Crippen LogP contribution in [0.2, 0.25) is 0 Å². The molecule has 0 aromatic heterocycles. The van der Waals surface area contributed by atoms with Crippen LogP contribution >= 0.6 is 0 Å². The summed E-state index contributed by atoms with van der Waals surface area (Å²) in [4.78, 5) is 10.5. The Hall–Kier alpha value is -1.06. The van der Waals surface area contributed by atoms with Crippen LogP contribution in [0, 0.1) is 11.8 Å². The molecule has 0 radical (unpaired) electrons. The van der Waals surface area contributed by atoms with E-state index in [2.05, 4.69) is 12.1 Å². The number of hydrogen-bond donors (Lipinski definition) is 2. The Labute approximate surface area is 135 Å². The van der Waals surface area contributed by atoms with Crippen LogP contribution in [0.3, 0.4) is 0 Å². The molecular formula is C18H33NO3. The lowest BCUT2D eigenvalue weighted by atomic mass is 9.86. The molecule has 4 heteroatoms. The molecule has 1 fully saturated rings. The summed E-state index contributed by atoms with van der Waals surface area (Å²) in [7, 11) is 0. The second kappa shape index (κ2) is 11.5. The van der Waals surface area contributed by atoms with Gasteiger partial charge in [-0.15, -0.1) is 0 Å². The molecule has 22 heavy (non-hydrogen) atoms. The van der Waals surface area contributed by atoms with Crippen molar-refractivity contribution in [2.45, 2.75) is 90.4 Å². The molecule has 0 saturated heterocycles. The van der Waals surface area contributed by atoms with Crippen LogP contribution in [-0.2, 0) is 4.79 Å². The van der Waals surface area contributed by atoms with Gasteiger partial charge in [-0.2, -0.15) is 0 Å². The summed E-state index contributed by atoms with van der Waals surface area (Å²) in [6, 6.07) is 0. The van der Waals surface area contributed by atoms with E-state index in [0.717, 1.165) is 44.2 Å². The molecule has 0 unspecified atom stereocenters. The van der Waals surface area contributed by atoms with Crippen molar-refractivity contribution in [1.29, 1.82) is 0 Å². The number of carboxylic acid groups (broad SMARTS) is 1. The van der Waals surface area contributed by atoms with Gasteiger partial charge in [0, 0.05) is 12.3 Å². The smallest absolute Gasteiger partial charge is 0.303 e. The summed E-state index contributed by atoms with van der Waals surface area (Å²) >= 11 is 0. The Kier molecular flexibility index (Phi) is 9.93. The molecule has 4 nitrogen and oxygen atoms in total. The van der Waals surface area contributed by atoms with Crippen LogP contribution in [0.5, 0.6) is 0 Å². The van der Waals surface area contributed by atoms with E-state index in [1.165, 1.54) is 38.5 Å². The highest BCUT2D eigenvalue weighted by Crippen LogP contribution is 2.37. The van der Waals surface area contributed by atoms with E-state index < -0.39 is 5.97 Å². The third-order valence-corrected chi connectivity index (χ3v) is 4.98. The molecule has 0 aliphatic heterocycles. The van der Waals surface area contributed by atoms with Gasteiger partial charge in [0.1, 0.15) is 0 Å². The molecule has 1 rings (SSSR count). The molecule has 0 amide bonds. The van der Waals surface area contributed by atoms with Crippen LogP contribution in [0.25, 0.3) is 0 Å². The minimum Gasteiger partial charge on any atom is -0.481 e. The fourth-order valence-electron chi connectivity index (χ4n) is 3.69. The van der Waals surface area contributed by atoms with E-state index in [0.29, 0.717) is 11.8 Å². The van der Waals surface area contributed by atoms with Gasteiger partial charge < -0.3 is 10.3 Å². The van der Waals surface area contributed by atoms with Crippen molar-refractivity contribution in [2.24, 2.45) is 17.0 Å². The molecule has 0 spiro atoms. The first-order chi connectivity index (χ1) is 10.7. The van der Waals surface area contributed by atoms with E-state index in [1.54, 1.807) is 0 Å². The molecule has 0 heterocycles. The maximum absolute atomic E-state index is 10.5. The first-order valence-electron chi connectivity index (χ1n) is 9.11. The van der Waals surface area contributed by atoms with Crippen LogP contribution < -0.4 is 0 Å². The third kappa shape index (κ3) is 7.28. The van der Waals surface area contributed by atoms with Gasteiger partial charge in [-0.25, -0.2) is 0 Å². The van der Waals surface area contributed by atoms with Gasteiger partial charge in [-0.05, 0) is 38.0 Å². The topological polar surface area (TPSA) is 69.9 Å². The van der Waals surface area contributed by atoms with E-state index in [4.69, 9.17) is 5.11 Å². The average molecular weight is 311 g/mol. The summed E-state index contributed by atoms with van der Waals surface area (Å²) in [5, 5.41) is 21.4. The zero-order chi connectivity index (χ0) is 16.2. The SMILES string of the molecule is CCCCCC[C@H]1CCC(=NO)[C@@H]1CCCCCCC(=O)O. The molecule has 1 aliphatic carbocycles. The van der Waals surface area contributed by atoms with Crippen LogP contribution in [0.4, 0.5) is 0 Å². The van der Waals surface area contributed by atoms with Crippen molar-refractivity contribution in [3.63, 3.8) is 0 Å². The van der Waals surface area contributed by atoms with Crippen molar-refractivity contribution in [3.05, 3.63) is 0 Å². The minimum atomic E-state index is -0.697. The van der Waals surface area contributed by atoms with Gasteiger partial charge in [0.2, 0.25) is 0 Å². The van der Waals surface area contributed by atoms with Gasteiger partial charge >= 0.3 is 5.97 Å². The predicted molar refractivity (Wildman–Crippen MR) is 89.5 cm³/mol. The largest absolute Gasteiger partial charge is 0.481 e. The van der Waals surface area contributed by atoms with Gasteiger partial charge in [-0.3, -0.25) is 4.79 Å². The molecule has 2 atom stereocenters. The summed E-state index contributed by atoms with van der Waals surface area (Å²) in [6.45, 7) is 2.24. The normalized spacial score (nSPS) is 23.2. The highest BCUT2D eigenvalue weighted by Gasteiger charge is 2.32. The lowest BCUT2D eigenvalue weighted by Crippen LogP contribution is -2.15. The zero-order valence-corrected chi connectivity index (χ0v) is 14.1. The van der Waals surface area contributed by atoms with Crippen molar-refractivity contribution in [1.82, 2.24) is 0 Å². The van der Waals surface area contributed by atoms with Gasteiger partial charge in [0.15, 0.2) is 0 Å². The number of carbonyl (C=O) groups is 1. The van der Waals surface area contributed by atoms with E-state index in [1.807, 2.05) is 0 Å². The Bertz CT molecular complexity index is 341. The first kappa shape index (κ1) is 19.0. The number of nitrogens with zero attached hydrogens (tertiary/aromatic N) is 1. The number of carboxylic acids is 1. The van der Waals surface area contributed by atoms with Crippen LogP contribution in [0.1, 0.15) is 90.4 Å². The van der Waals surface area contributed by atoms with E-state index >= 15 is 0 Å². The zero-order valence-electron chi connectivity index (χ0n) is 14.1. The number of aliphatic carboxylic acids is 1. The number of oxime groups is 1. The van der Waals surface area contributed by atoms with Crippen LogP contribution in [0.15, 0.2) is 5.16 Å². The number of rotatable bonds is 12. The molecular weight excluding hydrogens is 278 g/mol. The molecule has 2 N–H and O–H groups in total. The molecule has 0 aromatic carbocycles. The Morgan fingerprint density at radius 1 is 1.09 bits per heavy atom. The number of unbranched alkanes of at least 4 members (excludes halogenated alkanes) is 6. The third-order valence-electron chi connectivity index (χ3n) is 4.98. The molecule has 1 saturated carbocycles. The van der Waals surface area contributed by atoms with Crippen molar-refractivity contribution < 1.29 is 15.1 Å². The molecule has 1 aliphatic rings. The summed E-state index contributed by atoms with van der Waals surface area (Å²) in [5.74, 6) is 0.463. The van der Waals surface area contributed by atoms with Crippen molar-refractivity contribution in [2.75, 3.05) is 0 Å². The summed E-state index contributed by atoms with van der Waals surface area (Å²) in [6.07, 6.45) is 14.0. The summed E-state index contributed by atoms with van der Waals surface area (Å²) in [5.41, 5.74) is 1.01.